The van der Waals surface area contributed by atoms with E-state index in [1.807, 2.05) is 13.1 Å². The van der Waals surface area contributed by atoms with Gasteiger partial charge < -0.3 is 5.32 Å². The fraction of sp³-hybridized carbons (Fsp3) is 0.733. The average molecular weight is 340 g/mol. The lowest BCUT2D eigenvalue weighted by atomic mass is 9.84. The molecule has 0 unspecified atom stereocenters. The van der Waals surface area contributed by atoms with Crippen LogP contribution in [-0.4, -0.2) is 21.7 Å². The fourth-order valence-electron chi connectivity index (χ4n) is 4.03. The summed E-state index contributed by atoms with van der Waals surface area (Å²) in [6.07, 6.45) is 7.31. The van der Waals surface area contributed by atoms with Gasteiger partial charge in [0.1, 0.15) is 6.54 Å². The number of hydrogen-bond acceptors (Lipinski definition) is 2. The molecule has 20 heavy (non-hydrogen) atoms. The zero-order valence-electron chi connectivity index (χ0n) is 12.1. The van der Waals surface area contributed by atoms with Crippen LogP contribution in [0.3, 0.4) is 0 Å². The number of nitrogens with one attached hydrogen (secondary N) is 1. The van der Waals surface area contributed by atoms with Crippen molar-refractivity contribution in [3.8, 4) is 0 Å². The highest BCUT2D eigenvalue weighted by molar-refractivity contribution is 9.10. The number of halogens is 1. The highest BCUT2D eigenvalue weighted by atomic mass is 79.9. The maximum atomic E-state index is 12.1. The standard InChI is InChI=1S/C15H22BrN3O/c1-9(13-6-11-3-4-12(13)5-11)17-15(20)8-19-7-14(16)10(2)18-19/h7,9,11-13H,3-6,8H2,1-2H3,(H,17,20)/t9-,11-,12-,13+/m1/s1. The minimum atomic E-state index is 0.0651. The summed E-state index contributed by atoms with van der Waals surface area (Å²) in [5.74, 6) is 2.52. The van der Waals surface area contributed by atoms with Crippen molar-refractivity contribution in [3.63, 3.8) is 0 Å². The highest BCUT2D eigenvalue weighted by Crippen LogP contribution is 2.49. The molecule has 1 heterocycles. The van der Waals surface area contributed by atoms with E-state index >= 15 is 0 Å². The van der Waals surface area contributed by atoms with Gasteiger partial charge in [-0.1, -0.05) is 6.42 Å². The average Bonchev–Trinajstić information content (AvgIpc) is 3.06. The largest absolute Gasteiger partial charge is 0.352 e. The van der Waals surface area contributed by atoms with Gasteiger partial charge >= 0.3 is 0 Å². The Kier molecular flexibility index (Phi) is 3.89. The second-order valence-corrected chi connectivity index (χ2v) is 7.31. The second kappa shape index (κ2) is 5.51. The lowest BCUT2D eigenvalue weighted by Crippen LogP contribution is -2.41. The first-order chi connectivity index (χ1) is 9.52. The number of carbonyl (C=O) groups excluding carboxylic acids is 1. The molecular formula is C15H22BrN3O. The molecule has 0 spiro atoms. The van der Waals surface area contributed by atoms with E-state index in [2.05, 4.69) is 33.3 Å². The van der Waals surface area contributed by atoms with Gasteiger partial charge in [0.05, 0.1) is 10.2 Å². The van der Waals surface area contributed by atoms with Crippen LogP contribution >= 0.6 is 15.9 Å². The van der Waals surface area contributed by atoms with Crippen LogP contribution < -0.4 is 5.32 Å². The van der Waals surface area contributed by atoms with Crippen molar-refractivity contribution in [1.82, 2.24) is 15.1 Å². The Morgan fingerprint density at radius 2 is 2.35 bits per heavy atom. The van der Waals surface area contributed by atoms with Gasteiger partial charge in [-0.25, -0.2) is 0 Å². The van der Waals surface area contributed by atoms with Crippen molar-refractivity contribution in [2.45, 2.75) is 52.1 Å². The predicted octanol–water partition coefficient (Wildman–Crippen LogP) is 2.89. The molecule has 2 fully saturated rings. The van der Waals surface area contributed by atoms with E-state index < -0.39 is 0 Å². The van der Waals surface area contributed by atoms with Gasteiger partial charge in [0, 0.05) is 12.2 Å². The quantitative estimate of drug-likeness (QED) is 0.916. The van der Waals surface area contributed by atoms with Gasteiger partial charge in [-0.05, 0) is 66.8 Å². The summed E-state index contributed by atoms with van der Waals surface area (Å²) in [7, 11) is 0. The molecule has 1 aromatic heterocycles. The molecule has 1 N–H and O–H groups in total. The number of fused-ring (bicyclic) bond motifs is 2. The van der Waals surface area contributed by atoms with E-state index in [9.17, 15) is 4.79 Å². The van der Waals surface area contributed by atoms with E-state index in [0.717, 1.165) is 22.0 Å². The van der Waals surface area contributed by atoms with Gasteiger partial charge in [-0.2, -0.15) is 5.10 Å². The van der Waals surface area contributed by atoms with Crippen LogP contribution in [0.15, 0.2) is 10.7 Å². The maximum Gasteiger partial charge on any atom is 0.241 e. The van der Waals surface area contributed by atoms with E-state index in [1.165, 1.54) is 25.7 Å². The molecule has 0 aromatic carbocycles. The van der Waals surface area contributed by atoms with E-state index in [-0.39, 0.29) is 11.9 Å². The Morgan fingerprint density at radius 1 is 1.55 bits per heavy atom. The summed E-state index contributed by atoms with van der Waals surface area (Å²) in [4.78, 5) is 12.1. The number of rotatable bonds is 4. The molecule has 0 saturated heterocycles. The third-order valence-corrected chi connectivity index (χ3v) is 5.79. The minimum absolute atomic E-state index is 0.0651. The van der Waals surface area contributed by atoms with Crippen LogP contribution in [0.1, 0.15) is 38.3 Å². The SMILES string of the molecule is Cc1nn(CC(=O)N[C@H](C)[C@@H]2C[C@@H]3CC[C@@H]2C3)cc1Br. The molecule has 4 atom stereocenters. The molecule has 5 heteroatoms. The van der Waals surface area contributed by atoms with Gasteiger partial charge in [-0.15, -0.1) is 0 Å². The first-order valence-corrected chi connectivity index (χ1v) is 8.31. The Bertz CT molecular complexity index is 494. The summed E-state index contributed by atoms with van der Waals surface area (Å²) in [6, 6.07) is 0.290. The second-order valence-electron chi connectivity index (χ2n) is 6.45. The van der Waals surface area contributed by atoms with Crippen molar-refractivity contribution in [3.05, 3.63) is 16.4 Å². The van der Waals surface area contributed by atoms with Crippen molar-refractivity contribution in [2.24, 2.45) is 17.8 Å². The van der Waals surface area contributed by atoms with Gasteiger partial charge in [0.25, 0.3) is 0 Å². The Labute approximate surface area is 128 Å². The molecule has 3 rings (SSSR count). The van der Waals surface area contributed by atoms with E-state index in [1.54, 1.807) is 4.68 Å². The maximum absolute atomic E-state index is 12.1. The third-order valence-electron chi connectivity index (χ3n) is 5.02. The smallest absolute Gasteiger partial charge is 0.241 e. The molecule has 0 radical (unpaired) electrons. The Balaban J connectivity index is 1.53. The number of hydrogen-bond donors (Lipinski definition) is 1. The minimum Gasteiger partial charge on any atom is -0.352 e. The highest BCUT2D eigenvalue weighted by Gasteiger charge is 2.42. The molecule has 2 bridgehead atoms. The first kappa shape index (κ1) is 14.1. The molecule has 2 aliphatic carbocycles. The van der Waals surface area contributed by atoms with Crippen LogP contribution in [0, 0.1) is 24.7 Å². The van der Waals surface area contributed by atoms with Crippen molar-refractivity contribution >= 4 is 21.8 Å². The molecule has 1 aromatic rings. The Hall–Kier alpha value is -0.840. The topological polar surface area (TPSA) is 46.9 Å². The van der Waals surface area contributed by atoms with Crippen LogP contribution in [0.25, 0.3) is 0 Å². The molecule has 1 amide bonds. The number of nitrogens with zero attached hydrogens (tertiary/aromatic N) is 2. The summed E-state index contributed by atoms with van der Waals surface area (Å²) in [5, 5.41) is 7.47. The number of aryl methyl sites for hydroxylation is 1. The van der Waals surface area contributed by atoms with Crippen LogP contribution in [0.5, 0.6) is 0 Å². The lowest BCUT2D eigenvalue weighted by molar-refractivity contribution is -0.122. The normalized spacial score (nSPS) is 29.6. The third kappa shape index (κ3) is 2.78. The lowest BCUT2D eigenvalue weighted by Gasteiger charge is -2.28. The fourth-order valence-corrected chi connectivity index (χ4v) is 4.35. The number of aromatic nitrogens is 2. The van der Waals surface area contributed by atoms with Gasteiger partial charge in [-0.3, -0.25) is 9.48 Å². The summed E-state index contributed by atoms with van der Waals surface area (Å²) in [6.45, 7) is 4.39. The summed E-state index contributed by atoms with van der Waals surface area (Å²) >= 11 is 3.42. The zero-order chi connectivity index (χ0) is 14.3. The van der Waals surface area contributed by atoms with Crippen molar-refractivity contribution in [2.75, 3.05) is 0 Å². The zero-order valence-corrected chi connectivity index (χ0v) is 13.7. The summed E-state index contributed by atoms with van der Waals surface area (Å²) in [5.41, 5.74) is 0.916. The van der Waals surface area contributed by atoms with Gasteiger partial charge in [0.15, 0.2) is 0 Å². The Morgan fingerprint density at radius 3 is 2.90 bits per heavy atom. The van der Waals surface area contributed by atoms with E-state index in [4.69, 9.17) is 0 Å². The molecule has 4 nitrogen and oxygen atoms in total. The molecule has 2 aliphatic rings. The van der Waals surface area contributed by atoms with Crippen molar-refractivity contribution < 1.29 is 4.79 Å². The number of amides is 1. The van der Waals surface area contributed by atoms with Crippen LogP contribution in [0.4, 0.5) is 0 Å². The van der Waals surface area contributed by atoms with Crippen LogP contribution in [-0.2, 0) is 11.3 Å². The molecule has 0 aliphatic heterocycles. The summed E-state index contributed by atoms with van der Waals surface area (Å²) < 4.78 is 2.65. The monoisotopic (exact) mass is 339 g/mol. The predicted molar refractivity (Wildman–Crippen MR) is 81.2 cm³/mol. The molecule has 2 saturated carbocycles. The molecule has 110 valence electrons. The van der Waals surface area contributed by atoms with Crippen LogP contribution in [0.2, 0.25) is 0 Å². The van der Waals surface area contributed by atoms with E-state index in [0.29, 0.717) is 12.5 Å². The molecular weight excluding hydrogens is 318 g/mol. The first-order valence-electron chi connectivity index (χ1n) is 7.52. The number of carbonyl (C=O) groups is 1. The van der Waals surface area contributed by atoms with Gasteiger partial charge in [0.2, 0.25) is 5.91 Å². The van der Waals surface area contributed by atoms with Crippen molar-refractivity contribution in [1.29, 1.82) is 0 Å².